The Morgan fingerprint density at radius 3 is 2.73 bits per heavy atom. The van der Waals surface area contributed by atoms with Crippen molar-refractivity contribution < 1.29 is 0 Å². The largest absolute Gasteiger partial charge is 0.323 e. The maximum Gasteiger partial charge on any atom is 0.268 e. The maximum absolute atomic E-state index is 12.8. The zero-order valence-corrected chi connectivity index (χ0v) is 12.4. The Kier molecular flexibility index (Phi) is 2.77. The molecule has 0 bridgehead atoms. The highest BCUT2D eigenvalue weighted by Crippen LogP contribution is 2.17. The van der Waals surface area contributed by atoms with Gasteiger partial charge >= 0.3 is 0 Å². The lowest BCUT2D eigenvalue weighted by Gasteiger charge is -2.07. The third kappa shape index (κ3) is 1.90. The van der Waals surface area contributed by atoms with Gasteiger partial charge in [-0.05, 0) is 37.3 Å². The molecule has 0 aliphatic rings. The van der Waals surface area contributed by atoms with Gasteiger partial charge in [0.05, 0.1) is 21.9 Å². The van der Waals surface area contributed by atoms with E-state index in [9.17, 15) is 4.79 Å². The summed E-state index contributed by atoms with van der Waals surface area (Å²) < 4.78 is 1.48. The minimum atomic E-state index is -0.168. The van der Waals surface area contributed by atoms with Crippen LogP contribution in [0.4, 0.5) is 0 Å². The van der Waals surface area contributed by atoms with Crippen molar-refractivity contribution in [2.75, 3.05) is 0 Å². The van der Waals surface area contributed by atoms with Gasteiger partial charge in [-0.15, -0.1) is 0 Å². The number of hydrogen-bond donors (Lipinski definition) is 1. The van der Waals surface area contributed by atoms with Crippen LogP contribution in [0.25, 0.3) is 27.9 Å². The van der Waals surface area contributed by atoms with E-state index in [-0.39, 0.29) is 5.56 Å². The average molecular weight is 311 g/mol. The molecule has 5 nitrogen and oxygen atoms in total. The summed E-state index contributed by atoms with van der Waals surface area (Å²) in [7, 11) is 0. The van der Waals surface area contributed by atoms with Gasteiger partial charge in [-0.2, -0.15) is 0 Å². The Bertz CT molecular complexity index is 1050. The second-order valence-electron chi connectivity index (χ2n) is 5.04. The molecule has 0 saturated heterocycles. The van der Waals surface area contributed by atoms with E-state index in [4.69, 9.17) is 11.6 Å². The van der Waals surface area contributed by atoms with Crippen LogP contribution in [0.5, 0.6) is 0 Å². The monoisotopic (exact) mass is 310 g/mol. The van der Waals surface area contributed by atoms with Gasteiger partial charge < -0.3 is 4.98 Å². The van der Waals surface area contributed by atoms with E-state index in [0.717, 1.165) is 11.0 Å². The van der Waals surface area contributed by atoms with Gasteiger partial charge in [0.15, 0.2) is 0 Å². The number of nitrogens with one attached hydrogen (secondary N) is 1. The maximum atomic E-state index is 12.8. The fourth-order valence-corrected chi connectivity index (χ4v) is 2.73. The van der Waals surface area contributed by atoms with Gasteiger partial charge in [0, 0.05) is 5.02 Å². The van der Waals surface area contributed by atoms with Gasteiger partial charge in [-0.3, -0.25) is 4.79 Å². The van der Waals surface area contributed by atoms with E-state index < -0.39 is 0 Å². The first-order valence-electron chi connectivity index (χ1n) is 6.77. The van der Waals surface area contributed by atoms with Crippen molar-refractivity contribution in [1.29, 1.82) is 0 Å². The van der Waals surface area contributed by atoms with Crippen molar-refractivity contribution in [2.24, 2.45) is 0 Å². The van der Waals surface area contributed by atoms with Crippen LogP contribution in [0.2, 0.25) is 5.02 Å². The summed E-state index contributed by atoms with van der Waals surface area (Å²) in [6.07, 6.45) is 0. The molecule has 108 valence electrons. The van der Waals surface area contributed by atoms with Crippen molar-refractivity contribution >= 4 is 33.5 Å². The molecule has 0 saturated carbocycles. The summed E-state index contributed by atoms with van der Waals surface area (Å²) in [6.45, 7) is 1.77. The first-order chi connectivity index (χ1) is 10.6. The molecule has 2 aromatic heterocycles. The number of aromatic nitrogens is 4. The Morgan fingerprint density at radius 1 is 1.09 bits per heavy atom. The number of aromatic amines is 1. The lowest BCUT2D eigenvalue weighted by atomic mass is 10.2. The molecule has 0 aliphatic carbocycles. The highest BCUT2D eigenvalue weighted by Gasteiger charge is 2.13. The molecule has 0 fully saturated rings. The number of H-pyrrole nitrogens is 1. The zero-order valence-electron chi connectivity index (χ0n) is 11.7. The molecule has 4 aromatic rings. The van der Waals surface area contributed by atoms with E-state index >= 15 is 0 Å². The average Bonchev–Trinajstić information content (AvgIpc) is 2.90. The molecule has 2 heterocycles. The van der Waals surface area contributed by atoms with Crippen molar-refractivity contribution in [1.82, 2.24) is 19.5 Å². The van der Waals surface area contributed by atoms with Gasteiger partial charge in [-0.25, -0.2) is 14.5 Å². The predicted octanol–water partition coefficient (Wildman–Crippen LogP) is 3.22. The molecule has 0 amide bonds. The van der Waals surface area contributed by atoms with Crippen LogP contribution in [-0.2, 0) is 0 Å². The Hall–Kier alpha value is -2.66. The molecule has 0 atom stereocenters. The standard InChI is InChI=1S/C16H11ClN4O/c1-9-18-14-8-10(17)6-7-11(14)15(22)21(9)16-19-12-4-2-3-5-13(12)20-16/h2-8H,1H3,(H,19,20). The smallest absolute Gasteiger partial charge is 0.268 e. The number of para-hydroxylation sites is 2. The Morgan fingerprint density at radius 2 is 1.91 bits per heavy atom. The van der Waals surface area contributed by atoms with Gasteiger partial charge in [0.1, 0.15) is 5.82 Å². The van der Waals surface area contributed by atoms with E-state index in [1.807, 2.05) is 24.3 Å². The summed E-state index contributed by atoms with van der Waals surface area (Å²) in [5.74, 6) is 1.02. The number of imidazole rings is 1. The van der Waals surface area contributed by atoms with E-state index in [2.05, 4.69) is 15.0 Å². The van der Waals surface area contributed by atoms with Crippen LogP contribution in [0.1, 0.15) is 5.82 Å². The molecule has 4 rings (SSSR count). The van der Waals surface area contributed by atoms with Crippen LogP contribution in [0.15, 0.2) is 47.3 Å². The number of aryl methyl sites for hydroxylation is 1. The topological polar surface area (TPSA) is 63.6 Å². The fourth-order valence-electron chi connectivity index (χ4n) is 2.56. The molecule has 22 heavy (non-hydrogen) atoms. The lowest BCUT2D eigenvalue weighted by Crippen LogP contribution is -2.23. The second-order valence-corrected chi connectivity index (χ2v) is 5.48. The zero-order chi connectivity index (χ0) is 15.3. The molecule has 0 spiro atoms. The molecule has 1 N–H and O–H groups in total. The molecule has 6 heteroatoms. The molecule has 0 radical (unpaired) electrons. The third-order valence-corrected chi connectivity index (χ3v) is 3.82. The number of benzene rings is 2. The van der Waals surface area contributed by atoms with Crippen molar-refractivity contribution in [3.05, 3.63) is 63.7 Å². The van der Waals surface area contributed by atoms with E-state index in [0.29, 0.717) is 27.7 Å². The van der Waals surface area contributed by atoms with Crippen molar-refractivity contribution in [3.8, 4) is 5.95 Å². The summed E-state index contributed by atoms with van der Waals surface area (Å²) in [5, 5.41) is 1.07. The number of rotatable bonds is 1. The van der Waals surface area contributed by atoms with Gasteiger partial charge in [0.2, 0.25) is 5.95 Å². The molecule has 2 aromatic carbocycles. The molecule has 0 unspecified atom stereocenters. The first kappa shape index (κ1) is 13.0. The van der Waals surface area contributed by atoms with Crippen molar-refractivity contribution in [2.45, 2.75) is 6.92 Å². The quantitative estimate of drug-likeness (QED) is 0.587. The number of hydrogen-bond acceptors (Lipinski definition) is 3. The van der Waals surface area contributed by atoms with Crippen molar-refractivity contribution in [3.63, 3.8) is 0 Å². The highest BCUT2D eigenvalue weighted by atomic mass is 35.5. The summed E-state index contributed by atoms with van der Waals surface area (Å²) in [5.41, 5.74) is 2.10. The van der Waals surface area contributed by atoms with Crippen LogP contribution >= 0.6 is 11.6 Å². The van der Waals surface area contributed by atoms with Crippen LogP contribution in [0.3, 0.4) is 0 Å². The van der Waals surface area contributed by atoms with Gasteiger partial charge in [-0.1, -0.05) is 23.7 Å². The molecular weight excluding hydrogens is 300 g/mol. The Balaban J connectivity index is 2.06. The second kappa shape index (κ2) is 4.68. The number of halogens is 1. The molecule has 0 aliphatic heterocycles. The minimum absolute atomic E-state index is 0.168. The van der Waals surface area contributed by atoms with E-state index in [1.54, 1.807) is 25.1 Å². The van der Waals surface area contributed by atoms with Gasteiger partial charge in [0.25, 0.3) is 5.56 Å². The summed E-state index contributed by atoms with van der Waals surface area (Å²) >= 11 is 5.97. The predicted molar refractivity (Wildman–Crippen MR) is 86.7 cm³/mol. The number of nitrogens with zero attached hydrogens (tertiary/aromatic N) is 3. The normalized spacial score (nSPS) is 11.4. The van der Waals surface area contributed by atoms with Crippen LogP contribution in [0, 0.1) is 6.92 Å². The highest BCUT2D eigenvalue weighted by molar-refractivity contribution is 6.31. The third-order valence-electron chi connectivity index (χ3n) is 3.59. The molecular formula is C16H11ClN4O. The lowest BCUT2D eigenvalue weighted by molar-refractivity contribution is 0.847. The van der Waals surface area contributed by atoms with Crippen LogP contribution < -0.4 is 5.56 Å². The fraction of sp³-hybridized carbons (Fsp3) is 0.0625. The van der Waals surface area contributed by atoms with E-state index in [1.165, 1.54) is 4.57 Å². The Labute approximate surface area is 130 Å². The summed E-state index contributed by atoms with van der Waals surface area (Å²) in [4.78, 5) is 24.8. The SMILES string of the molecule is Cc1nc2cc(Cl)ccc2c(=O)n1-c1nc2ccccc2[nH]1. The number of fused-ring (bicyclic) bond motifs is 2. The first-order valence-corrected chi connectivity index (χ1v) is 7.15. The minimum Gasteiger partial charge on any atom is -0.323 e. The summed E-state index contributed by atoms with van der Waals surface area (Å²) in [6, 6.07) is 12.7. The van der Waals surface area contributed by atoms with Crippen LogP contribution in [-0.4, -0.2) is 19.5 Å².